The van der Waals surface area contributed by atoms with Gasteiger partial charge < -0.3 is 20.4 Å². The first kappa shape index (κ1) is 25.9. The Bertz CT molecular complexity index is 942. The Kier molecular flexibility index (Phi) is 7.15. The van der Waals surface area contributed by atoms with E-state index < -0.39 is 30.6 Å². The standard InChI is InChI=1S/C27H40N2O6/c1-15(30)20-7-8-21-19-6-5-17-13-18(9-11-26(17,3)22(19)10-12-27(20,21)4)29-35-14-23(32)28-24(16(2)31)25(33)34/h13,16,19-22,24,31H,5-12,14H2,1-4H3,(H,28,32)(H,33,34)/b29-18-/t16-,19-,20-,21+,22-,24-,26-,27+/m0/s1. The predicted molar refractivity (Wildman–Crippen MR) is 131 cm³/mol. The maximum Gasteiger partial charge on any atom is 0.328 e. The van der Waals surface area contributed by atoms with Crippen molar-refractivity contribution >= 4 is 23.4 Å². The van der Waals surface area contributed by atoms with Crippen molar-refractivity contribution in [2.75, 3.05) is 6.61 Å². The molecule has 8 heteroatoms. The number of carboxylic acid groups (broad SMARTS) is 1. The molecule has 3 N–H and O–H groups in total. The van der Waals surface area contributed by atoms with E-state index in [0.717, 1.165) is 44.2 Å². The van der Waals surface area contributed by atoms with Crippen LogP contribution in [0.15, 0.2) is 16.8 Å². The third-order valence-electron chi connectivity index (χ3n) is 9.91. The van der Waals surface area contributed by atoms with Crippen LogP contribution in [-0.4, -0.2) is 52.3 Å². The second-order valence-electron chi connectivity index (χ2n) is 11.8. The summed E-state index contributed by atoms with van der Waals surface area (Å²) in [6, 6.07) is -1.38. The minimum atomic E-state index is -1.38. The van der Waals surface area contributed by atoms with Crippen molar-refractivity contribution in [3.05, 3.63) is 11.6 Å². The van der Waals surface area contributed by atoms with Crippen LogP contribution in [0.3, 0.4) is 0 Å². The molecule has 0 saturated heterocycles. The van der Waals surface area contributed by atoms with Crippen LogP contribution in [-0.2, 0) is 19.2 Å². The van der Waals surface area contributed by atoms with Gasteiger partial charge in [-0.3, -0.25) is 9.59 Å². The van der Waals surface area contributed by atoms with Gasteiger partial charge in [-0.2, -0.15) is 0 Å². The molecule has 0 aromatic heterocycles. The van der Waals surface area contributed by atoms with Gasteiger partial charge in [-0.25, -0.2) is 4.79 Å². The molecule has 4 aliphatic carbocycles. The summed E-state index contributed by atoms with van der Waals surface area (Å²) < 4.78 is 0. The number of aliphatic carboxylic acids is 1. The van der Waals surface area contributed by atoms with Crippen LogP contribution in [0, 0.1) is 34.5 Å². The van der Waals surface area contributed by atoms with E-state index in [2.05, 4.69) is 30.4 Å². The highest BCUT2D eigenvalue weighted by Crippen LogP contribution is 2.66. The van der Waals surface area contributed by atoms with Crippen LogP contribution in [0.5, 0.6) is 0 Å². The fourth-order valence-corrected chi connectivity index (χ4v) is 8.09. The molecule has 0 spiro atoms. The Balaban J connectivity index is 1.40. The zero-order valence-electron chi connectivity index (χ0n) is 21.4. The number of hydrogen-bond donors (Lipinski definition) is 3. The molecule has 4 aliphatic rings. The molecule has 194 valence electrons. The van der Waals surface area contributed by atoms with Crippen LogP contribution in [0.25, 0.3) is 0 Å². The average molecular weight is 489 g/mol. The van der Waals surface area contributed by atoms with E-state index in [-0.39, 0.29) is 16.7 Å². The van der Waals surface area contributed by atoms with Gasteiger partial charge in [0.2, 0.25) is 0 Å². The third-order valence-corrected chi connectivity index (χ3v) is 9.91. The van der Waals surface area contributed by atoms with E-state index in [0.29, 0.717) is 23.5 Å². The van der Waals surface area contributed by atoms with Crippen LogP contribution < -0.4 is 5.32 Å². The summed E-state index contributed by atoms with van der Waals surface area (Å²) >= 11 is 0. The first-order valence-corrected chi connectivity index (χ1v) is 13.1. The van der Waals surface area contributed by atoms with Gasteiger partial charge in [0.15, 0.2) is 12.6 Å². The van der Waals surface area contributed by atoms with Gasteiger partial charge in [-0.1, -0.05) is 24.6 Å². The largest absolute Gasteiger partial charge is 0.480 e. The number of hydrogen-bond acceptors (Lipinski definition) is 6. The summed E-state index contributed by atoms with van der Waals surface area (Å²) in [4.78, 5) is 40.7. The van der Waals surface area contributed by atoms with Crippen molar-refractivity contribution < 1.29 is 29.4 Å². The van der Waals surface area contributed by atoms with Gasteiger partial charge >= 0.3 is 5.97 Å². The lowest BCUT2D eigenvalue weighted by atomic mass is 9.46. The maximum atomic E-state index is 12.3. The van der Waals surface area contributed by atoms with Gasteiger partial charge in [0, 0.05) is 5.92 Å². The fourth-order valence-electron chi connectivity index (χ4n) is 8.09. The van der Waals surface area contributed by atoms with Crippen molar-refractivity contribution in [2.24, 2.45) is 39.7 Å². The SMILES string of the molecule is CC(=O)[C@@H]1CC[C@@H]2[C@@H]3CCC4=C/C(=N\OCC(=O)N[C@H](C(=O)O)[C@H](C)O)CC[C@]4(C)[C@H]3CC[C@@]21C. The van der Waals surface area contributed by atoms with Crippen molar-refractivity contribution in [1.82, 2.24) is 5.32 Å². The molecule has 0 aromatic rings. The number of allylic oxidation sites excluding steroid dienone is 2. The first-order chi connectivity index (χ1) is 16.5. The van der Waals surface area contributed by atoms with Crippen LogP contribution in [0.4, 0.5) is 0 Å². The molecule has 3 fully saturated rings. The lowest BCUT2D eigenvalue weighted by Crippen LogP contribution is -2.51. The average Bonchev–Trinajstić information content (AvgIpc) is 3.14. The molecule has 0 heterocycles. The maximum absolute atomic E-state index is 12.3. The highest BCUT2D eigenvalue weighted by atomic mass is 16.6. The number of ketones is 1. The first-order valence-electron chi connectivity index (χ1n) is 13.1. The number of fused-ring (bicyclic) bond motifs is 5. The number of amides is 1. The molecule has 4 rings (SSSR count). The Morgan fingerprint density at radius 1 is 1.14 bits per heavy atom. The quantitative estimate of drug-likeness (QED) is 0.471. The summed E-state index contributed by atoms with van der Waals surface area (Å²) in [5.41, 5.74) is 2.53. The summed E-state index contributed by atoms with van der Waals surface area (Å²) in [5.74, 6) is 0.604. The van der Waals surface area contributed by atoms with Crippen molar-refractivity contribution in [2.45, 2.75) is 91.2 Å². The smallest absolute Gasteiger partial charge is 0.328 e. The second-order valence-corrected chi connectivity index (χ2v) is 11.8. The summed E-state index contributed by atoms with van der Waals surface area (Å²) in [5, 5.41) is 25.0. The number of nitrogens with one attached hydrogen (secondary N) is 1. The van der Waals surface area contributed by atoms with Gasteiger partial charge in [0.25, 0.3) is 5.91 Å². The van der Waals surface area contributed by atoms with E-state index in [9.17, 15) is 19.5 Å². The molecule has 35 heavy (non-hydrogen) atoms. The Labute approximate surface area is 207 Å². The number of nitrogens with zero attached hydrogens (tertiary/aromatic N) is 1. The number of rotatable bonds is 7. The van der Waals surface area contributed by atoms with Crippen LogP contribution >= 0.6 is 0 Å². The molecule has 1 amide bonds. The summed E-state index contributed by atoms with van der Waals surface area (Å²) in [6.07, 6.45) is 9.42. The highest BCUT2D eigenvalue weighted by molar-refractivity contribution is 5.96. The highest BCUT2D eigenvalue weighted by Gasteiger charge is 2.59. The molecule has 8 nitrogen and oxygen atoms in total. The molecule has 0 aromatic carbocycles. The Morgan fingerprint density at radius 3 is 2.54 bits per heavy atom. The topological polar surface area (TPSA) is 125 Å². The zero-order valence-corrected chi connectivity index (χ0v) is 21.4. The molecule has 0 unspecified atom stereocenters. The molecule has 0 bridgehead atoms. The number of Topliss-reactive ketones (excluding diaryl/α,β-unsaturated/α-hetero) is 1. The molecule has 3 saturated carbocycles. The Hall–Kier alpha value is -2.22. The number of aliphatic hydroxyl groups is 1. The van der Waals surface area contributed by atoms with Crippen molar-refractivity contribution in [1.29, 1.82) is 0 Å². The molecule has 8 atom stereocenters. The minimum absolute atomic E-state index is 0.140. The number of aliphatic hydroxyl groups excluding tert-OH is 1. The lowest BCUT2D eigenvalue weighted by Gasteiger charge is -2.58. The van der Waals surface area contributed by atoms with E-state index in [1.54, 1.807) is 6.92 Å². The lowest BCUT2D eigenvalue weighted by molar-refractivity contribution is -0.145. The van der Waals surface area contributed by atoms with Crippen LogP contribution in [0.1, 0.15) is 79.1 Å². The Morgan fingerprint density at radius 2 is 1.89 bits per heavy atom. The summed E-state index contributed by atoms with van der Waals surface area (Å²) in [7, 11) is 0. The van der Waals surface area contributed by atoms with E-state index in [1.807, 2.05) is 0 Å². The second kappa shape index (κ2) is 9.68. The number of carboxylic acids is 1. The van der Waals surface area contributed by atoms with Crippen LogP contribution in [0.2, 0.25) is 0 Å². The summed E-state index contributed by atoms with van der Waals surface area (Å²) in [6.45, 7) is 7.46. The van der Waals surface area contributed by atoms with Gasteiger partial charge in [-0.05, 0) is 99.9 Å². The monoisotopic (exact) mass is 488 g/mol. The van der Waals surface area contributed by atoms with E-state index >= 15 is 0 Å². The van der Waals surface area contributed by atoms with E-state index in [4.69, 9.17) is 9.94 Å². The van der Waals surface area contributed by atoms with Crippen molar-refractivity contribution in [3.63, 3.8) is 0 Å². The fraction of sp³-hybridized carbons (Fsp3) is 0.778. The van der Waals surface area contributed by atoms with Gasteiger partial charge in [0.05, 0.1) is 11.8 Å². The third kappa shape index (κ3) is 4.66. The minimum Gasteiger partial charge on any atom is -0.480 e. The number of oxime groups is 1. The van der Waals surface area contributed by atoms with E-state index in [1.165, 1.54) is 25.3 Å². The number of carbonyl (C=O) groups excluding carboxylic acids is 2. The molecular formula is C27H40N2O6. The molecular weight excluding hydrogens is 448 g/mol. The molecule has 0 aliphatic heterocycles. The normalized spacial score (nSPS) is 38.9. The van der Waals surface area contributed by atoms with Gasteiger partial charge in [-0.15, -0.1) is 0 Å². The molecule has 0 radical (unpaired) electrons. The number of carbonyl (C=O) groups is 3. The van der Waals surface area contributed by atoms with Gasteiger partial charge in [0.1, 0.15) is 5.78 Å². The van der Waals surface area contributed by atoms with Crippen molar-refractivity contribution in [3.8, 4) is 0 Å². The zero-order chi connectivity index (χ0) is 25.5. The predicted octanol–water partition coefficient (Wildman–Crippen LogP) is 3.48.